The highest BCUT2D eigenvalue weighted by Crippen LogP contribution is 2.24. The summed E-state index contributed by atoms with van der Waals surface area (Å²) in [6, 6.07) is 10.3. The second kappa shape index (κ2) is 7.15. The molecule has 1 amide bonds. The molecule has 6 heteroatoms. The van der Waals surface area contributed by atoms with Crippen LogP contribution in [0.2, 0.25) is 0 Å². The minimum Gasteiger partial charge on any atom is -0.309 e. The number of hydrogen-bond donors (Lipinski definition) is 3. The van der Waals surface area contributed by atoms with E-state index in [0.29, 0.717) is 5.82 Å². The van der Waals surface area contributed by atoms with Gasteiger partial charge in [0.2, 0.25) is 5.91 Å². The molecule has 0 saturated carbocycles. The summed E-state index contributed by atoms with van der Waals surface area (Å²) in [6.07, 6.45) is 6.10. The summed E-state index contributed by atoms with van der Waals surface area (Å²) in [6.45, 7) is 2.13. The molecule has 26 heavy (non-hydrogen) atoms. The van der Waals surface area contributed by atoms with Crippen LogP contribution in [0.1, 0.15) is 34.5 Å². The van der Waals surface area contributed by atoms with Gasteiger partial charge >= 0.3 is 0 Å². The molecule has 0 aliphatic heterocycles. The zero-order chi connectivity index (χ0) is 17.9. The summed E-state index contributed by atoms with van der Waals surface area (Å²) in [5, 5.41) is 17.3. The normalized spacial score (nSPS) is 16.3. The van der Waals surface area contributed by atoms with Gasteiger partial charge in [-0.2, -0.15) is 10.2 Å². The Bertz CT molecular complexity index is 910. The van der Waals surface area contributed by atoms with Crippen molar-refractivity contribution in [2.75, 3.05) is 5.32 Å². The van der Waals surface area contributed by atoms with E-state index in [1.165, 1.54) is 11.1 Å². The number of benzene rings is 1. The number of aromatic nitrogens is 4. The SMILES string of the molecule is Cc1ccccc1CCc1cc(NC(=O)C2CCc3[nH]ncc3C2)n[nH]1. The number of carbonyl (C=O) groups is 1. The molecule has 3 N–H and O–H groups in total. The molecule has 1 aliphatic carbocycles. The lowest BCUT2D eigenvalue weighted by molar-refractivity contribution is -0.120. The molecule has 6 nitrogen and oxygen atoms in total. The molecule has 0 spiro atoms. The van der Waals surface area contributed by atoms with Crippen molar-refractivity contribution in [2.24, 2.45) is 5.92 Å². The predicted octanol–water partition coefficient (Wildman–Crippen LogP) is 2.97. The van der Waals surface area contributed by atoms with Gasteiger partial charge in [0, 0.05) is 23.4 Å². The lowest BCUT2D eigenvalue weighted by atomic mass is 9.87. The van der Waals surface area contributed by atoms with Gasteiger partial charge in [-0.3, -0.25) is 15.0 Å². The second-order valence-electron chi connectivity index (χ2n) is 7.01. The van der Waals surface area contributed by atoms with Crippen molar-refractivity contribution >= 4 is 11.7 Å². The Balaban J connectivity index is 1.33. The molecule has 1 aromatic carbocycles. The number of nitrogens with one attached hydrogen (secondary N) is 3. The molecule has 1 unspecified atom stereocenters. The Morgan fingerprint density at radius 1 is 1.27 bits per heavy atom. The van der Waals surface area contributed by atoms with Gasteiger partial charge in [-0.1, -0.05) is 24.3 Å². The molecule has 0 saturated heterocycles. The van der Waals surface area contributed by atoms with Crippen LogP contribution in [0.25, 0.3) is 0 Å². The van der Waals surface area contributed by atoms with E-state index in [4.69, 9.17) is 0 Å². The van der Waals surface area contributed by atoms with Crippen LogP contribution in [-0.2, 0) is 30.5 Å². The van der Waals surface area contributed by atoms with Crippen molar-refractivity contribution in [3.8, 4) is 0 Å². The Hall–Kier alpha value is -2.89. The number of carbonyl (C=O) groups excluding carboxylic acids is 1. The molecular formula is C20H23N5O. The van der Waals surface area contributed by atoms with Crippen LogP contribution in [0.3, 0.4) is 0 Å². The fraction of sp³-hybridized carbons (Fsp3) is 0.350. The molecule has 1 atom stereocenters. The van der Waals surface area contributed by atoms with E-state index in [1.807, 2.05) is 12.3 Å². The highest BCUT2D eigenvalue weighted by atomic mass is 16.1. The van der Waals surface area contributed by atoms with Gasteiger partial charge in [0.15, 0.2) is 5.82 Å². The lowest BCUT2D eigenvalue weighted by Crippen LogP contribution is -2.28. The summed E-state index contributed by atoms with van der Waals surface area (Å²) in [4.78, 5) is 12.5. The lowest BCUT2D eigenvalue weighted by Gasteiger charge is -2.20. The van der Waals surface area contributed by atoms with E-state index >= 15 is 0 Å². The maximum absolute atomic E-state index is 12.5. The summed E-state index contributed by atoms with van der Waals surface area (Å²) in [7, 11) is 0. The zero-order valence-electron chi connectivity index (χ0n) is 14.9. The first-order chi connectivity index (χ1) is 12.7. The number of aromatic amines is 2. The molecular weight excluding hydrogens is 326 g/mol. The molecule has 2 heterocycles. The number of hydrogen-bond acceptors (Lipinski definition) is 3. The smallest absolute Gasteiger partial charge is 0.229 e. The number of rotatable bonds is 5. The molecule has 2 aromatic heterocycles. The Morgan fingerprint density at radius 3 is 3.04 bits per heavy atom. The van der Waals surface area contributed by atoms with Crippen molar-refractivity contribution < 1.29 is 4.79 Å². The molecule has 3 aromatic rings. The van der Waals surface area contributed by atoms with Crippen LogP contribution in [0.15, 0.2) is 36.5 Å². The predicted molar refractivity (Wildman–Crippen MR) is 99.9 cm³/mol. The fourth-order valence-electron chi connectivity index (χ4n) is 3.58. The first-order valence-electron chi connectivity index (χ1n) is 9.10. The van der Waals surface area contributed by atoms with Gasteiger partial charge in [0.1, 0.15) is 0 Å². The average molecular weight is 349 g/mol. The standard InChI is InChI=1S/C20H23N5O/c1-13-4-2-3-5-14(13)6-8-17-11-19(25-23-17)22-20(26)15-7-9-18-16(10-15)12-21-24-18/h2-5,11-12,15H,6-10H2,1H3,(H,21,24)(H2,22,23,25,26). The number of aryl methyl sites for hydroxylation is 4. The Labute approximate surface area is 152 Å². The summed E-state index contributed by atoms with van der Waals surface area (Å²) < 4.78 is 0. The maximum atomic E-state index is 12.5. The molecule has 0 fully saturated rings. The molecule has 134 valence electrons. The van der Waals surface area contributed by atoms with E-state index in [-0.39, 0.29) is 11.8 Å². The van der Waals surface area contributed by atoms with E-state index < -0.39 is 0 Å². The first kappa shape index (κ1) is 16.6. The van der Waals surface area contributed by atoms with Crippen molar-refractivity contribution in [3.63, 3.8) is 0 Å². The molecule has 0 radical (unpaired) electrons. The van der Waals surface area contributed by atoms with Crippen molar-refractivity contribution in [1.29, 1.82) is 0 Å². The Morgan fingerprint density at radius 2 is 2.15 bits per heavy atom. The summed E-state index contributed by atoms with van der Waals surface area (Å²) in [5.41, 5.74) is 5.98. The van der Waals surface area contributed by atoms with Crippen LogP contribution < -0.4 is 5.32 Å². The number of anilines is 1. The summed E-state index contributed by atoms with van der Waals surface area (Å²) in [5.74, 6) is 0.619. The van der Waals surface area contributed by atoms with Gasteiger partial charge in [-0.25, -0.2) is 0 Å². The van der Waals surface area contributed by atoms with Crippen LogP contribution >= 0.6 is 0 Å². The van der Waals surface area contributed by atoms with Crippen LogP contribution in [0.4, 0.5) is 5.82 Å². The maximum Gasteiger partial charge on any atom is 0.229 e. The van der Waals surface area contributed by atoms with E-state index in [9.17, 15) is 4.79 Å². The van der Waals surface area contributed by atoms with Crippen LogP contribution in [0, 0.1) is 12.8 Å². The monoisotopic (exact) mass is 349 g/mol. The minimum atomic E-state index is -0.0211. The number of nitrogens with zero attached hydrogens (tertiary/aromatic N) is 2. The third-order valence-corrected chi connectivity index (χ3v) is 5.19. The molecule has 0 bridgehead atoms. The van der Waals surface area contributed by atoms with E-state index in [2.05, 4.69) is 56.9 Å². The molecule has 4 rings (SSSR count). The van der Waals surface area contributed by atoms with Gasteiger partial charge in [0.25, 0.3) is 0 Å². The molecule has 1 aliphatic rings. The number of amides is 1. The minimum absolute atomic E-state index is 0.0211. The quantitative estimate of drug-likeness (QED) is 0.662. The zero-order valence-corrected chi connectivity index (χ0v) is 14.9. The van der Waals surface area contributed by atoms with Gasteiger partial charge in [-0.05, 0) is 55.7 Å². The average Bonchev–Trinajstić information content (AvgIpc) is 3.29. The first-order valence-corrected chi connectivity index (χ1v) is 9.10. The highest BCUT2D eigenvalue weighted by molar-refractivity contribution is 5.92. The van der Waals surface area contributed by atoms with Crippen molar-refractivity contribution in [1.82, 2.24) is 20.4 Å². The van der Waals surface area contributed by atoms with Crippen LogP contribution in [0.5, 0.6) is 0 Å². The van der Waals surface area contributed by atoms with Crippen LogP contribution in [-0.4, -0.2) is 26.3 Å². The number of fused-ring (bicyclic) bond motifs is 1. The third-order valence-electron chi connectivity index (χ3n) is 5.19. The second-order valence-corrected chi connectivity index (χ2v) is 7.01. The largest absolute Gasteiger partial charge is 0.309 e. The topological polar surface area (TPSA) is 86.5 Å². The fourth-order valence-corrected chi connectivity index (χ4v) is 3.58. The highest BCUT2D eigenvalue weighted by Gasteiger charge is 2.26. The van der Waals surface area contributed by atoms with Crippen molar-refractivity contribution in [2.45, 2.75) is 39.0 Å². The van der Waals surface area contributed by atoms with Gasteiger partial charge < -0.3 is 5.32 Å². The van der Waals surface area contributed by atoms with E-state index in [1.54, 1.807) is 0 Å². The van der Waals surface area contributed by atoms with Gasteiger partial charge in [-0.15, -0.1) is 0 Å². The Kier molecular flexibility index (Phi) is 4.56. The third kappa shape index (κ3) is 3.54. The van der Waals surface area contributed by atoms with Crippen molar-refractivity contribution in [3.05, 3.63) is 64.6 Å². The number of H-pyrrole nitrogens is 2. The summed E-state index contributed by atoms with van der Waals surface area (Å²) >= 11 is 0. The van der Waals surface area contributed by atoms with Gasteiger partial charge in [0.05, 0.1) is 6.20 Å². The van der Waals surface area contributed by atoms with E-state index in [0.717, 1.165) is 49.1 Å².